The van der Waals surface area contributed by atoms with E-state index in [0.29, 0.717) is 11.5 Å². The Labute approximate surface area is 177 Å². The van der Waals surface area contributed by atoms with Crippen LogP contribution in [0.15, 0.2) is 48.5 Å². The Morgan fingerprint density at radius 2 is 1.69 bits per heavy atom. The molecule has 0 spiro atoms. The molecular weight excluding hydrogens is 388 g/mol. The van der Waals surface area contributed by atoms with Crippen LogP contribution in [-0.4, -0.2) is 35.8 Å². The van der Waals surface area contributed by atoms with E-state index in [9.17, 15) is 9.59 Å². The molecule has 6 heteroatoms. The number of amides is 2. The molecule has 5 nitrogen and oxygen atoms in total. The lowest BCUT2D eigenvalue weighted by molar-refractivity contribution is -0.134. The van der Waals surface area contributed by atoms with Crippen LogP contribution in [0.4, 0.5) is 0 Å². The molecule has 0 unspecified atom stereocenters. The lowest BCUT2D eigenvalue weighted by atomic mass is 9.85. The van der Waals surface area contributed by atoms with Crippen LogP contribution in [-0.2, 0) is 4.79 Å². The number of rotatable bonds is 5. The zero-order valence-corrected chi connectivity index (χ0v) is 17.8. The topological polar surface area (TPSA) is 58.6 Å². The Kier molecular flexibility index (Phi) is 6.48. The van der Waals surface area contributed by atoms with Crippen LogP contribution in [0.1, 0.15) is 44.0 Å². The fourth-order valence-corrected chi connectivity index (χ4v) is 3.61. The molecule has 2 aromatic rings. The van der Waals surface area contributed by atoms with Gasteiger partial charge in [0.05, 0.1) is 10.6 Å². The fraction of sp³-hybridized carbons (Fsp3) is 0.391. The second-order valence-corrected chi connectivity index (χ2v) is 8.72. The number of nitrogens with zero attached hydrogens (tertiary/aromatic N) is 1. The summed E-state index contributed by atoms with van der Waals surface area (Å²) in [6, 6.07) is 13.7. The minimum Gasteiger partial charge on any atom is -0.456 e. The number of hydrogen-bond donors (Lipinski definition) is 1. The van der Waals surface area contributed by atoms with Gasteiger partial charge in [0.1, 0.15) is 17.5 Å². The molecule has 29 heavy (non-hydrogen) atoms. The van der Waals surface area contributed by atoms with Gasteiger partial charge >= 0.3 is 0 Å². The maximum absolute atomic E-state index is 13.0. The maximum Gasteiger partial charge on any atom is 0.253 e. The van der Waals surface area contributed by atoms with Gasteiger partial charge in [0, 0.05) is 13.1 Å². The van der Waals surface area contributed by atoms with E-state index < -0.39 is 11.5 Å². The largest absolute Gasteiger partial charge is 0.456 e. The van der Waals surface area contributed by atoms with E-state index in [-0.39, 0.29) is 22.4 Å². The lowest BCUT2D eigenvalue weighted by Gasteiger charge is -2.33. The summed E-state index contributed by atoms with van der Waals surface area (Å²) in [5.41, 5.74) is -0.150. The van der Waals surface area contributed by atoms with Crippen LogP contribution in [0.2, 0.25) is 5.02 Å². The second-order valence-electron chi connectivity index (χ2n) is 8.34. The predicted molar refractivity (Wildman–Crippen MR) is 114 cm³/mol. The van der Waals surface area contributed by atoms with Crippen molar-refractivity contribution in [2.75, 3.05) is 13.1 Å². The summed E-state index contributed by atoms with van der Waals surface area (Å²) in [6.45, 7) is 7.32. The summed E-state index contributed by atoms with van der Waals surface area (Å²) in [7, 11) is 0. The highest BCUT2D eigenvalue weighted by Crippen LogP contribution is 2.32. The predicted octanol–water partition coefficient (Wildman–Crippen LogP) is 4.90. The highest BCUT2D eigenvalue weighted by Gasteiger charge is 2.37. The molecule has 1 fully saturated rings. The minimum atomic E-state index is -0.636. The van der Waals surface area contributed by atoms with Crippen molar-refractivity contribution in [1.29, 1.82) is 0 Å². The number of carbonyl (C=O) groups excluding carboxylic acids is 2. The monoisotopic (exact) mass is 414 g/mol. The van der Waals surface area contributed by atoms with Crippen LogP contribution in [0.3, 0.4) is 0 Å². The Morgan fingerprint density at radius 3 is 2.31 bits per heavy atom. The van der Waals surface area contributed by atoms with Gasteiger partial charge in [-0.05, 0) is 42.5 Å². The van der Waals surface area contributed by atoms with Crippen LogP contribution in [0.5, 0.6) is 11.5 Å². The standard InChI is InChI=1S/C23H27ClN2O3/c1-23(2,3)20(22(28)26-14-7-8-15-26)25-21(27)17-12-9-13-18(19(17)24)29-16-10-5-4-6-11-16/h4-6,9-13,20H,7-8,14-15H2,1-3H3,(H,25,27)/t20-/m1/s1. The molecule has 1 atom stereocenters. The Bertz CT molecular complexity index is 871. The molecule has 154 valence electrons. The number of nitrogens with one attached hydrogen (secondary N) is 1. The van der Waals surface area contributed by atoms with E-state index in [1.165, 1.54) is 0 Å². The Hall–Kier alpha value is -2.53. The van der Waals surface area contributed by atoms with Gasteiger partial charge in [-0.1, -0.05) is 56.6 Å². The van der Waals surface area contributed by atoms with Gasteiger partial charge in [-0.3, -0.25) is 9.59 Å². The van der Waals surface area contributed by atoms with E-state index in [1.807, 2.05) is 56.0 Å². The van der Waals surface area contributed by atoms with Gasteiger partial charge in [-0.25, -0.2) is 0 Å². The summed E-state index contributed by atoms with van der Waals surface area (Å²) >= 11 is 6.48. The smallest absolute Gasteiger partial charge is 0.253 e. The molecule has 2 amide bonds. The molecule has 0 aromatic heterocycles. The summed E-state index contributed by atoms with van der Waals surface area (Å²) in [4.78, 5) is 27.9. The Balaban J connectivity index is 1.81. The summed E-state index contributed by atoms with van der Waals surface area (Å²) < 4.78 is 5.81. The van der Waals surface area contributed by atoms with E-state index in [1.54, 1.807) is 18.2 Å². The molecule has 1 saturated heterocycles. The zero-order valence-electron chi connectivity index (χ0n) is 17.1. The van der Waals surface area contributed by atoms with Crippen molar-refractivity contribution >= 4 is 23.4 Å². The number of para-hydroxylation sites is 1. The second kappa shape index (κ2) is 8.87. The molecule has 0 radical (unpaired) electrons. The van der Waals surface area contributed by atoms with Crippen LogP contribution in [0.25, 0.3) is 0 Å². The van der Waals surface area contributed by atoms with Crippen molar-refractivity contribution < 1.29 is 14.3 Å². The molecule has 2 aromatic carbocycles. The van der Waals surface area contributed by atoms with Gasteiger partial charge < -0.3 is 15.0 Å². The average molecular weight is 415 g/mol. The maximum atomic E-state index is 13.0. The summed E-state index contributed by atoms with van der Waals surface area (Å²) in [5.74, 6) is 0.588. The first-order valence-corrected chi connectivity index (χ1v) is 10.3. The molecule has 1 heterocycles. The molecular formula is C23H27ClN2O3. The quantitative estimate of drug-likeness (QED) is 0.757. The van der Waals surface area contributed by atoms with Crippen LogP contribution < -0.4 is 10.1 Å². The number of hydrogen-bond acceptors (Lipinski definition) is 3. The van der Waals surface area contributed by atoms with Gasteiger partial charge in [-0.2, -0.15) is 0 Å². The normalized spacial score (nSPS) is 15.1. The van der Waals surface area contributed by atoms with E-state index >= 15 is 0 Å². The van der Waals surface area contributed by atoms with Crippen LogP contribution in [0, 0.1) is 5.41 Å². The van der Waals surface area contributed by atoms with Crippen molar-refractivity contribution in [2.24, 2.45) is 5.41 Å². The van der Waals surface area contributed by atoms with Gasteiger partial charge in [-0.15, -0.1) is 0 Å². The first kappa shape index (κ1) is 21.2. The molecule has 1 aliphatic heterocycles. The van der Waals surface area contributed by atoms with Crippen molar-refractivity contribution in [3.8, 4) is 11.5 Å². The Morgan fingerprint density at radius 1 is 1.03 bits per heavy atom. The summed E-state index contributed by atoms with van der Waals surface area (Å²) in [5, 5.41) is 3.13. The average Bonchev–Trinajstić information content (AvgIpc) is 3.22. The van der Waals surface area contributed by atoms with Crippen molar-refractivity contribution in [1.82, 2.24) is 10.2 Å². The minimum absolute atomic E-state index is 0.0452. The van der Waals surface area contributed by atoms with E-state index in [0.717, 1.165) is 25.9 Å². The summed E-state index contributed by atoms with van der Waals surface area (Å²) in [6.07, 6.45) is 2.00. The molecule has 1 aliphatic rings. The van der Waals surface area contributed by atoms with Crippen molar-refractivity contribution in [3.63, 3.8) is 0 Å². The fourth-order valence-electron chi connectivity index (χ4n) is 3.36. The third kappa shape index (κ3) is 5.10. The highest BCUT2D eigenvalue weighted by molar-refractivity contribution is 6.35. The number of halogens is 1. The third-order valence-electron chi connectivity index (χ3n) is 4.99. The number of ether oxygens (including phenoxy) is 1. The van der Waals surface area contributed by atoms with E-state index in [4.69, 9.17) is 16.3 Å². The molecule has 0 aliphatic carbocycles. The highest BCUT2D eigenvalue weighted by atomic mass is 35.5. The van der Waals surface area contributed by atoms with Crippen LogP contribution >= 0.6 is 11.6 Å². The number of benzene rings is 2. The molecule has 1 N–H and O–H groups in total. The number of likely N-dealkylation sites (tertiary alicyclic amines) is 1. The van der Waals surface area contributed by atoms with E-state index in [2.05, 4.69) is 5.32 Å². The SMILES string of the molecule is CC(C)(C)[C@H](NC(=O)c1cccc(Oc2ccccc2)c1Cl)C(=O)N1CCCC1. The molecule has 0 saturated carbocycles. The molecule has 3 rings (SSSR count). The van der Waals surface area contributed by atoms with Gasteiger partial charge in [0.2, 0.25) is 5.91 Å². The van der Waals surface area contributed by atoms with Gasteiger partial charge in [0.15, 0.2) is 0 Å². The first-order chi connectivity index (χ1) is 13.8. The number of carbonyl (C=O) groups is 2. The zero-order chi connectivity index (χ0) is 21.0. The van der Waals surface area contributed by atoms with Crippen molar-refractivity contribution in [2.45, 2.75) is 39.7 Å². The lowest BCUT2D eigenvalue weighted by Crippen LogP contribution is -2.54. The molecule has 0 bridgehead atoms. The first-order valence-electron chi connectivity index (χ1n) is 9.88. The van der Waals surface area contributed by atoms with Crippen molar-refractivity contribution in [3.05, 3.63) is 59.1 Å². The van der Waals surface area contributed by atoms with Gasteiger partial charge in [0.25, 0.3) is 5.91 Å². The third-order valence-corrected chi connectivity index (χ3v) is 5.37.